The normalized spacial score (nSPS) is 25.8. The molecule has 4 heteroatoms. The number of fused-ring (bicyclic) bond motifs is 3. The standard InChI is InChI=1S/C21H24N4/c1-2-18-14-25(10-1)11-8-20(18)24-21-6-4-17(13-23-21)15-3-5-19-16(12-15)7-9-22-19/h3-7,9,12-13,18,20,22H,1-2,8,10-11,14H2,(H,23,24). The van der Waals surface area contributed by atoms with E-state index in [1.807, 2.05) is 12.4 Å². The lowest BCUT2D eigenvalue weighted by Gasteiger charge is -2.43. The average molecular weight is 332 g/mol. The Morgan fingerprint density at radius 2 is 2.00 bits per heavy atom. The molecular formula is C21H24N4. The second-order valence-electron chi connectivity index (χ2n) is 7.45. The van der Waals surface area contributed by atoms with E-state index in [0.717, 1.165) is 11.7 Å². The van der Waals surface area contributed by atoms with Crippen LogP contribution in [0.3, 0.4) is 0 Å². The van der Waals surface area contributed by atoms with Crippen molar-refractivity contribution in [2.45, 2.75) is 25.3 Å². The molecular weight excluding hydrogens is 308 g/mol. The number of aromatic nitrogens is 2. The molecule has 4 heterocycles. The lowest BCUT2D eigenvalue weighted by atomic mass is 9.85. The number of pyridine rings is 1. The third-order valence-corrected chi connectivity index (χ3v) is 5.85. The molecule has 2 fully saturated rings. The molecule has 2 aliphatic rings. The van der Waals surface area contributed by atoms with E-state index < -0.39 is 0 Å². The Morgan fingerprint density at radius 3 is 2.92 bits per heavy atom. The van der Waals surface area contributed by atoms with Gasteiger partial charge >= 0.3 is 0 Å². The zero-order valence-corrected chi connectivity index (χ0v) is 14.4. The third kappa shape index (κ3) is 2.91. The Labute approximate surface area is 148 Å². The summed E-state index contributed by atoms with van der Waals surface area (Å²) in [5, 5.41) is 4.94. The van der Waals surface area contributed by atoms with Crippen LogP contribution < -0.4 is 5.32 Å². The second-order valence-corrected chi connectivity index (χ2v) is 7.45. The molecule has 0 aliphatic carbocycles. The molecule has 25 heavy (non-hydrogen) atoms. The number of piperidine rings is 2. The lowest BCUT2D eigenvalue weighted by Crippen LogP contribution is -2.49. The van der Waals surface area contributed by atoms with Gasteiger partial charge in [0.1, 0.15) is 5.82 Å². The van der Waals surface area contributed by atoms with Crippen molar-refractivity contribution in [3.8, 4) is 11.1 Å². The molecule has 0 spiro atoms. The molecule has 0 amide bonds. The van der Waals surface area contributed by atoms with Crippen LogP contribution in [0.5, 0.6) is 0 Å². The molecule has 2 N–H and O–H groups in total. The first-order valence-electron chi connectivity index (χ1n) is 9.38. The van der Waals surface area contributed by atoms with E-state index in [1.165, 1.54) is 60.9 Å². The van der Waals surface area contributed by atoms with Gasteiger partial charge in [-0.25, -0.2) is 4.98 Å². The molecule has 3 aromatic rings. The fourth-order valence-corrected chi connectivity index (χ4v) is 4.44. The van der Waals surface area contributed by atoms with Crippen LogP contribution >= 0.6 is 0 Å². The van der Waals surface area contributed by atoms with Gasteiger partial charge in [0.15, 0.2) is 0 Å². The summed E-state index contributed by atoms with van der Waals surface area (Å²) < 4.78 is 0. The Hall–Kier alpha value is -2.33. The number of rotatable bonds is 3. The number of nitrogens with one attached hydrogen (secondary N) is 2. The Kier molecular flexibility index (Phi) is 3.71. The van der Waals surface area contributed by atoms with Gasteiger partial charge < -0.3 is 15.2 Å². The summed E-state index contributed by atoms with van der Waals surface area (Å²) in [6.07, 6.45) is 7.90. The summed E-state index contributed by atoms with van der Waals surface area (Å²) in [5.41, 5.74) is 3.56. The van der Waals surface area contributed by atoms with E-state index in [4.69, 9.17) is 4.98 Å². The van der Waals surface area contributed by atoms with Gasteiger partial charge in [0, 0.05) is 42.6 Å². The fourth-order valence-electron chi connectivity index (χ4n) is 4.44. The highest BCUT2D eigenvalue weighted by Crippen LogP contribution is 2.29. The van der Waals surface area contributed by atoms with Crippen LogP contribution in [-0.2, 0) is 0 Å². The molecule has 0 saturated carbocycles. The molecule has 0 radical (unpaired) electrons. The Morgan fingerprint density at radius 1 is 1.04 bits per heavy atom. The van der Waals surface area contributed by atoms with E-state index in [0.29, 0.717) is 6.04 Å². The van der Waals surface area contributed by atoms with E-state index in [1.54, 1.807) is 0 Å². The lowest BCUT2D eigenvalue weighted by molar-refractivity contribution is 0.113. The largest absolute Gasteiger partial charge is 0.367 e. The number of nitrogens with zero attached hydrogens (tertiary/aromatic N) is 2. The number of hydrogen-bond acceptors (Lipinski definition) is 3. The molecule has 3 unspecified atom stereocenters. The van der Waals surface area contributed by atoms with E-state index >= 15 is 0 Å². The molecule has 2 aromatic heterocycles. The first kappa shape index (κ1) is 15.0. The van der Waals surface area contributed by atoms with Crippen molar-refractivity contribution < 1.29 is 0 Å². The summed E-state index contributed by atoms with van der Waals surface area (Å²) in [5.74, 6) is 1.79. The summed E-state index contributed by atoms with van der Waals surface area (Å²) in [6, 6.07) is 13.5. The molecule has 128 valence electrons. The quantitative estimate of drug-likeness (QED) is 0.758. The van der Waals surface area contributed by atoms with Gasteiger partial charge in [0.05, 0.1) is 0 Å². The monoisotopic (exact) mass is 332 g/mol. The molecule has 5 rings (SSSR count). The second kappa shape index (κ2) is 6.19. The van der Waals surface area contributed by atoms with Crippen LogP contribution in [0.25, 0.3) is 22.0 Å². The van der Waals surface area contributed by atoms with Crippen LogP contribution in [0.2, 0.25) is 0 Å². The van der Waals surface area contributed by atoms with Crippen molar-refractivity contribution in [2.24, 2.45) is 5.92 Å². The molecule has 2 saturated heterocycles. The van der Waals surface area contributed by atoms with Crippen molar-refractivity contribution in [2.75, 3.05) is 25.0 Å². The molecule has 2 aliphatic heterocycles. The average Bonchev–Trinajstić information content (AvgIpc) is 3.13. The van der Waals surface area contributed by atoms with Crippen LogP contribution in [0, 0.1) is 5.92 Å². The SMILES string of the molecule is c1cc2cc(-c3ccc(NC4CCN5CCCC4C5)nc3)ccc2[nH]1. The van der Waals surface area contributed by atoms with Crippen LogP contribution in [0.1, 0.15) is 19.3 Å². The number of H-pyrrole nitrogens is 1. The highest BCUT2D eigenvalue weighted by Gasteiger charge is 2.31. The minimum absolute atomic E-state index is 0.575. The first-order valence-corrected chi connectivity index (χ1v) is 9.38. The zero-order valence-electron chi connectivity index (χ0n) is 14.4. The Bertz CT molecular complexity index is 867. The predicted molar refractivity (Wildman–Crippen MR) is 103 cm³/mol. The van der Waals surface area contributed by atoms with Gasteiger partial charge in [-0.3, -0.25) is 0 Å². The predicted octanol–water partition coefficient (Wildman–Crippen LogP) is 4.13. The highest BCUT2D eigenvalue weighted by atomic mass is 15.2. The third-order valence-electron chi connectivity index (χ3n) is 5.85. The number of hydrogen-bond donors (Lipinski definition) is 2. The summed E-state index contributed by atoms with van der Waals surface area (Å²) in [6.45, 7) is 3.77. The van der Waals surface area contributed by atoms with E-state index in [2.05, 4.69) is 51.6 Å². The zero-order chi connectivity index (χ0) is 16.6. The maximum absolute atomic E-state index is 4.69. The highest BCUT2D eigenvalue weighted by molar-refractivity contribution is 5.84. The Balaban J connectivity index is 1.32. The van der Waals surface area contributed by atoms with Gasteiger partial charge in [0.25, 0.3) is 0 Å². The van der Waals surface area contributed by atoms with Gasteiger partial charge in [0.2, 0.25) is 0 Å². The van der Waals surface area contributed by atoms with E-state index in [-0.39, 0.29) is 0 Å². The summed E-state index contributed by atoms with van der Waals surface area (Å²) >= 11 is 0. The number of anilines is 1. The van der Waals surface area contributed by atoms with Crippen LogP contribution in [-0.4, -0.2) is 40.5 Å². The van der Waals surface area contributed by atoms with Crippen molar-refractivity contribution in [1.29, 1.82) is 0 Å². The minimum atomic E-state index is 0.575. The smallest absolute Gasteiger partial charge is 0.126 e. The molecule has 4 nitrogen and oxygen atoms in total. The van der Waals surface area contributed by atoms with Gasteiger partial charge in [-0.05, 0) is 73.0 Å². The number of benzene rings is 1. The van der Waals surface area contributed by atoms with Crippen molar-refractivity contribution in [3.63, 3.8) is 0 Å². The van der Waals surface area contributed by atoms with Gasteiger partial charge in [-0.15, -0.1) is 0 Å². The van der Waals surface area contributed by atoms with Gasteiger partial charge in [-0.1, -0.05) is 6.07 Å². The maximum Gasteiger partial charge on any atom is 0.126 e. The molecule has 2 bridgehead atoms. The van der Waals surface area contributed by atoms with Crippen LogP contribution in [0.15, 0.2) is 48.8 Å². The van der Waals surface area contributed by atoms with Gasteiger partial charge in [-0.2, -0.15) is 0 Å². The summed E-state index contributed by atoms with van der Waals surface area (Å²) in [4.78, 5) is 10.5. The topological polar surface area (TPSA) is 44.0 Å². The minimum Gasteiger partial charge on any atom is -0.367 e. The summed E-state index contributed by atoms with van der Waals surface area (Å²) in [7, 11) is 0. The van der Waals surface area contributed by atoms with Crippen molar-refractivity contribution >= 4 is 16.7 Å². The maximum atomic E-state index is 4.69. The van der Waals surface area contributed by atoms with E-state index in [9.17, 15) is 0 Å². The number of aromatic amines is 1. The van der Waals surface area contributed by atoms with Crippen LogP contribution in [0.4, 0.5) is 5.82 Å². The molecule has 1 aromatic carbocycles. The fraction of sp³-hybridized carbons (Fsp3) is 0.381. The van der Waals surface area contributed by atoms with Crippen molar-refractivity contribution in [1.82, 2.24) is 14.9 Å². The van der Waals surface area contributed by atoms with Crippen molar-refractivity contribution in [3.05, 3.63) is 48.8 Å². The first-order chi connectivity index (χ1) is 12.3. The molecule has 3 atom stereocenters.